The Balaban J connectivity index is 2.25. The van der Waals surface area contributed by atoms with E-state index in [1.54, 1.807) is 18.2 Å². The Kier molecular flexibility index (Phi) is 4.12. The van der Waals surface area contributed by atoms with Crippen LogP contribution in [0.5, 0.6) is 11.5 Å². The maximum atomic E-state index is 9.96. The Morgan fingerprint density at radius 1 is 1.22 bits per heavy atom. The quantitative estimate of drug-likeness (QED) is 0.859. The zero-order valence-corrected chi connectivity index (χ0v) is 11.3. The zero-order chi connectivity index (χ0) is 13.1. The van der Waals surface area contributed by atoms with Crippen LogP contribution in [0.1, 0.15) is 51.1 Å². The molecule has 1 aromatic carbocycles. The van der Waals surface area contributed by atoms with Crippen LogP contribution in [-0.2, 0) is 0 Å². The van der Waals surface area contributed by atoms with Crippen LogP contribution < -0.4 is 0 Å². The van der Waals surface area contributed by atoms with Gasteiger partial charge in [0.1, 0.15) is 11.5 Å². The first-order chi connectivity index (χ1) is 8.65. The summed E-state index contributed by atoms with van der Waals surface area (Å²) in [6, 6.07) is 5.61. The van der Waals surface area contributed by atoms with Crippen molar-refractivity contribution in [2.24, 2.45) is 0 Å². The molecule has 0 heterocycles. The normalized spacial score (nSPS) is 18.4. The third-order valence-electron chi connectivity index (χ3n) is 4.13. The van der Waals surface area contributed by atoms with Crippen molar-refractivity contribution >= 4 is 0 Å². The molecule has 0 aliphatic heterocycles. The molecule has 1 saturated carbocycles. The van der Waals surface area contributed by atoms with Crippen LogP contribution in [-0.4, -0.2) is 27.7 Å². The summed E-state index contributed by atoms with van der Waals surface area (Å²) in [5, 5.41) is 19.9. The molecule has 1 aliphatic rings. The predicted molar refractivity (Wildman–Crippen MR) is 72.8 cm³/mol. The first-order valence-electron chi connectivity index (χ1n) is 6.91. The van der Waals surface area contributed by atoms with E-state index in [2.05, 4.69) is 18.7 Å². The summed E-state index contributed by atoms with van der Waals surface area (Å²) in [6.07, 6.45) is 5.04. The molecule has 18 heavy (non-hydrogen) atoms. The van der Waals surface area contributed by atoms with Gasteiger partial charge in [0, 0.05) is 12.1 Å². The van der Waals surface area contributed by atoms with Gasteiger partial charge in [0.05, 0.1) is 5.56 Å². The van der Waals surface area contributed by atoms with Crippen molar-refractivity contribution in [3.63, 3.8) is 0 Å². The van der Waals surface area contributed by atoms with Crippen molar-refractivity contribution in [1.82, 2.24) is 4.90 Å². The van der Waals surface area contributed by atoms with Gasteiger partial charge >= 0.3 is 0 Å². The molecule has 1 atom stereocenters. The van der Waals surface area contributed by atoms with E-state index in [1.807, 2.05) is 0 Å². The number of nitrogens with zero attached hydrogens (tertiary/aromatic N) is 1. The van der Waals surface area contributed by atoms with Crippen LogP contribution in [0.4, 0.5) is 0 Å². The van der Waals surface area contributed by atoms with Gasteiger partial charge in [0.15, 0.2) is 0 Å². The lowest BCUT2D eigenvalue weighted by Crippen LogP contribution is -2.35. The summed E-state index contributed by atoms with van der Waals surface area (Å²) < 4.78 is 0. The maximum Gasteiger partial charge on any atom is 0.124 e. The Bertz CT molecular complexity index is 379. The first-order valence-corrected chi connectivity index (χ1v) is 6.91. The molecule has 1 unspecified atom stereocenters. The lowest BCUT2D eigenvalue weighted by atomic mass is 10.0. The second-order valence-corrected chi connectivity index (χ2v) is 5.15. The highest BCUT2D eigenvalue weighted by Gasteiger charge is 2.28. The molecular weight excluding hydrogens is 226 g/mol. The molecule has 2 rings (SSSR count). The van der Waals surface area contributed by atoms with E-state index in [9.17, 15) is 10.2 Å². The minimum Gasteiger partial charge on any atom is -0.507 e. The molecule has 1 aliphatic carbocycles. The van der Waals surface area contributed by atoms with Crippen LogP contribution in [0.15, 0.2) is 18.2 Å². The highest BCUT2D eigenvalue weighted by molar-refractivity contribution is 5.45. The fourth-order valence-corrected chi connectivity index (χ4v) is 3.22. The van der Waals surface area contributed by atoms with Gasteiger partial charge in [-0.15, -0.1) is 0 Å². The van der Waals surface area contributed by atoms with Gasteiger partial charge in [-0.1, -0.05) is 25.8 Å². The average molecular weight is 249 g/mol. The van der Waals surface area contributed by atoms with Crippen molar-refractivity contribution < 1.29 is 10.2 Å². The second kappa shape index (κ2) is 5.61. The van der Waals surface area contributed by atoms with Crippen LogP contribution >= 0.6 is 0 Å². The fourth-order valence-electron chi connectivity index (χ4n) is 3.22. The minimum absolute atomic E-state index is 0.0549. The Labute approximate surface area is 109 Å². The van der Waals surface area contributed by atoms with E-state index in [4.69, 9.17) is 0 Å². The number of aromatic hydroxyl groups is 2. The highest BCUT2D eigenvalue weighted by Crippen LogP contribution is 2.38. The predicted octanol–water partition coefficient (Wildman–Crippen LogP) is 3.42. The fraction of sp³-hybridized carbons (Fsp3) is 0.600. The van der Waals surface area contributed by atoms with Crippen LogP contribution in [0.2, 0.25) is 0 Å². The molecule has 1 aromatic rings. The summed E-state index contributed by atoms with van der Waals surface area (Å²) in [5.74, 6) is 0.387. The third-order valence-corrected chi connectivity index (χ3v) is 4.13. The topological polar surface area (TPSA) is 43.7 Å². The minimum atomic E-state index is 0.0549. The van der Waals surface area contributed by atoms with Crippen molar-refractivity contribution in [3.8, 4) is 11.5 Å². The molecule has 0 aromatic heterocycles. The van der Waals surface area contributed by atoms with E-state index >= 15 is 0 Å². The SMILES string of the molecule is CCN(C1CCCC1)C(C)c1c(O)cccc1O. The number of phenols is 2. The van der Waals surface area contributed by atoms with E-state index in [0.717, 1.165) is 6.54 Å². The smallest absolute Gasteiger partial charge is 0.124 e. The Morgan fingerprint density at radius 2 is 1.78 bits per heavy atom. The Hall–Kier alpha value is -1.22. The first kappa shape index (κ1) is 13.2. The van der Waals surface area contributed by atoms with Crippen molar-refractivity contribution in [2.45, 2.75) is 51.6 Å². The zero-order valence-electron chi connectivity index (χ0n) is 11.3. The molecule has 0 radical (unpaired) electrons. The van der Waals surface area contributed by atoms with Gasteiger partial charge in [0.25, 0.3) is 0 Å². The van der Waals surface area contributed by atoms with E-state index in [1.165, 1.54) is 25.7 Å². The number of phenolic OH excluding ortho intramolecular Hbond substituents is 2. The molecule has 3 nitrogen and oxygen atoms in total. The summed E-state index contributed by atoms with van der Waals surface area (Å²) in [5.41, 5.74) is 0.659. The molecule has 100 valence electrons. The van der Waals surface area contributed by atoms with Gasteiger partial charge in [-0.3, -0.25) is 4.90 Å². The van der Waals surface area contributed by atoms with E-state index < -0.39 is 0 Å². The van der Waals surface area contributed by atoms with Crippen LogP contribution in [0.3, 0.4) is 0 Å². The lowest BCUT2D eigenvalue weighted by molar-refractivity contribution is 0.150. The number of rotatable bonds is 4. The lowest BCUT2D eigenvalue weighted by Gasteiger charge is -2.34. The molecular formula is C15H23NO2. The summed E-state index contributed by atoms with van der Waals surface area (Å²) >= 11 is 0. The highest BCUT2D eigenvalue weighted by atomic mass is 16.3. The molecule has 2 N–H and O–H groups in total. The van der Waals surface area contributed by atoms with Crippen molar-refractivity contribution in [3.05, 3.63) is 23.8 Å². The monoisotopic (exact) mass is 249 g/mol. The van der Waals surface area contributed by atoms with Gasteiger partial charge < -0.3 is 10.2 Å². The molecule has 0 bridgehead atoms. The number of benzene rings is 1. The van der Waals surface area contributed by atoms with Gasteiger partial charge in [-0.05, 0) is 38.4 Å². The van der Waals surface area contributed by atoms with Gasteiger partial charge in [-0.25, -0.2) is 0 Å². The standard InChI is InChI=1S/C15H23NO2/c1-3-16(12-7-4-5-8-12)11(2)15-13(17)9-6-10-14(15)18/h6,9-12,17-18H,3-5,7-8H2,1-2H3. The molecule has 0 spiro atoms. The summed E-state index contributed by atoms with van der Waals surface area (Å²) in [7, 11) is 0. The molecule has 0 amide bonds. The largest absolute Gasteiger partial charge is 0.507 e. The average Bonchev–Trinajstić information content (AvgIpc) is 2.83. The summed E-state index contributed by atoms with van der Waals surface area (Å²) in [4.78, 5) is 2.39. The van der Waals surface area contributed by atoms with Gasteiger partial charge in [-0.2, -0.15) is 0 Å². The number of hydrogen-bond acceptors (Lipinski definition) is 3. The van der Waals surface area contributed by atoms with Crippen LogP contribution in [0, 0.1) is 0 Å². The molecule has 1 fully saturated rings. The molecule has 3 heteroatoms. The number of hydrogen-bond donors (Lipinski definition) is 2. The maximum absolute atomic E-state index is 9.96. The summed E-state index contributed by atoms with van der Waals surface area (Å²) in [6.45, 7) is 5.15. The Morgan fingerprint density at radius 3 is 2.28 bits per heavy atom. The molecule has 0 saturated heterocycles. The van der Waals surface area contributed by atoms with Crippen LogP contribution in [0.25, 0.3) is 0 Å². The van der Waals surface area contributed by atoms with Crippen molar-refractivity contribution in [1.29, 1.82) is 0 Å². The second-order valence-electron chi connectivity index (χ2n) is 5.15. The van der Waals surface area contributed by atoms with Gasteiger partial charge in [0.2, 0.25) is 0 Å². The van der Waals surface area contributed by atoms with Crippen molar-refractivity contribution in [2.75, 3.05) is 6.54 Å². The third kappa shape index (κ3) is 2.46. The van der Waals surface area contributed by atoms with E-state index in [-0.39, 0.29) is 17.5 Å². The van der Waals surface area contributed by atoms with E-state index in [0.29, 0.717) is 11.6 Å².